The number of carbonyl (C=O) groups is 1. The maximum atomic E-state index is 11.0. The van der Waals surface area contributed by atoms with Crippen LogP contribution in [0, 0.1) is 11.8 Å². The van der Waals surface area contributed by atoms with Crippen LogP contribution >= 0.6 is 0 Å². The molecule has 0 aliphatic heterocycles. The summed E-state index contributed by atoms with van der Waals surface area (Å²) < 4.78 is 0. The number of nitrogens with two attached hydrogens (primary N) is 1. The number of ketones is 1. The number of hydrogen-bond donors (Lipinski definition) is 1. The third kappa shape index (κ3) is 5.81. The Bertz CT molecular complexity index is 154. The molecule has 0 spiro atoms. The van der Waals surface area contributed by atoms with Crippen LogP contribution in [0.1, 0.15) is 47.0 Å². The van der Waals surface area contributed by atoms with Crippen molar-refractivity contribution in [1.29, 1.82) is 0 Å². The monoisotopic (exact) mass is 185 g/mol. The molecule has 0 amide bonds. The van der Waals surface area contributed by atoms with Gasteiger partial charge in [0.25, 0.3) is 0 Å². The Morgan fingerprint density at radius 2 is 1.77 bits per heavy atom. The summed E-state index contributed by atoms with van der Waals surface area (Å²) in [7, 11) is 0. The van der Waals surface area contributed by atoms with Gasteiger partial charge in [-0.15, -0.1) is 0 Å². The van der Waals surface area contributed by atoms with Crippen molar-refractivity contribution in [2.75, 3.05) is 0 Å². The molecule has 0 saturated carbocycles. The van der Waals surface area contributed by atoms with E-state index >= 15 is 0 Å². The summed E-state index contributed by atoms with van der Waals surface area (Å²) in [5.41, 5.74) is 5.73. The molecule has 0 aromatic carbocycles. The smallest absolute Gasteiger partial charge is 0.146 e. The summed E-state index contributed by atoms with van der Waals surface area (Å²) in [6.07, 6.45) is 3.48. The van der Waals surface area contributed by atoms with Crippen LogP contribution in [0.3, 0.4) is 0 Å². The molecule has 0 aromatic rings. The van der Waals surface area contributed by atoms with Gasteiger partial charge in [-0.2, -0.15) is 0 Å². The molecule has 0 unspecified atom stereocenters. The van der Waals surface area contributed by atoms with Crippen molar-refractivity contribution in [2.24, 2.45) is 17.6 Å². The van der Waals surface area contributed by atoms with Crippen molar-refractivity contribution in [3.05, 3.63) is 0 Å². The zero-order chi connectivity index (χ0) is 10.4. The molecule has 2 nitrogen and oxygen atoms in total. The Morgan fingerprint density at radius 1 is 1.23 bits per heavy atom. The zero-order valence-electron chi connectivity index (χ0n) is 9.34. The van der Waals surface area contributed by atoms with Crippen LogP contribution in [0.2, 0.25) is 0 Å². The zero-order valence-corrected chi connectivity index (χ0v) is 9.34. The molecule has 0 fully saturated rings. The summed E-state index contributed by atoms with van der Waals surface area (Å²) in [5, 5.41) is 0. The minimum atomic E-state index is -0.257. The molecule has 2 heteroatoms. The molecule has 0 heterocycles. The molecule has 0 aliphatic rings. The highest BCUT2D eigenvalue weighted by Gasteiger charge is 2.16. The number of carbonyl (C=O) groups excluding carboxylic acids is 1. The molecule has 2 atom stereocenters. The molecule has 0 saturated heterocycles. The Morgan fingerprint density at radius 3 is 2.15 bits per heavy atom. The maximum absolute atomic E-state index is 11.0. The fourth-order valence-electron chi connectivity index (χ4n) is 1.43. The normalized spacial score (nSPS) is 15.8. The highest BCUT2D eigenvalue weighted by molar-refractivity contribution is 5.81. The van der Waals surface area contributed by atoms with Gasteiger partial charge in [0.1, 0.15) is 5.78 Å². The van der Waals surface area contributed by atoms with Crippen molar-refractivity contribution in [2.45, 2.75) is 53.0 Å². The number of Topliss-reactive ketones (excluding diaryl/α,β-unsaturated/α-hetero) is 1. The fraction of sp³-hybridized carbons (Fsp3) is 0.909. The van der Waals surface area contributed by atoms with Crippen molar-refractivity contribution < 1.29 is 4.79 Å². The topological polar surface area (TPSA) is 43.1 Å². The Kier molecular flexibility index (Phi) is 5.97. The van der Waals surface area contributed by atoms with Crippen molar-refractivity contribution in [3.63, 3.8) is 0 Å². The van der Waals surface area contributed by atoms with Gasteiger partial charge in [0.2, 0.25) is 0 Å². The van der Waals surface area contributed by atoms with E-state index in [0.29, 0.717) is 5.92 Å². The van der Waals surface area contributed by atoms with E-state index in [1.165, 1.54) is 12.8 Å². The molecule has 0 rings (SSSR count). The van der Waals surface area contributed by atoms with E-state index in [-0.39, 0.29) is 11.8 Å². The average molecular weight is 185 g/mol. The number of rotatable bonds is 6. The fourth-order valence-corrected chi connectivity index (χ4v) is 1.43. The molecule has 0 bridgehead atoms. The van der Waals surface area contributed by atoms with Gasteiger partial charge in [-0.3, -0.25) is 4.79 Å². The van der Waals surface area contributed by atoms with Crippen LogP contribution in [-0.4, -0.2) is 11.8 Å². The highest BCUT2D eigenvalue weighted by Crippen LogP contribution is 2.14. The minimum absolute atomic E-state index is 0.108. The lowest BCUT2D eigenvalue weighted by Crippen LogP contribution is -2.35. The summed E-state index contributed by atoms with van der Waals surface area (Å²) in [6.45, 7) is 8.07. The largest absolute Gasteiger partial charge is 0.321 e. The van der Waals surface area contributed by atoms with E-state index < -0.39 is 0 Å². The molecule has 0 aromatic heterocycles. The van der Waals surface area contributed by atoms with Crippen LogP contribution < -0.4 is 5.73 Å². The summed E-state index contributed by atoms with van der Waals surface area (Å²) in [5.74, 6) is 1.19. The Hall–Kier alpha value is -0.370. The lowest BCUT2D eigenvalue weighted by Gasteiger charge is -2.17. The lowest BCUT2D eigenvalue weighted by atomic mass is 9.92. The van der Waals surface area contributed by atoms with E-state index in [9.17, 15) is 4.79 Å². The van der Waals surface area contributed by atoms with Crippen LogP contribution in [0.15, 0.2) is 0 Å². The average Bonchev–Trinajstić information content (AvgIpc) is 2.02. The van der Waals surface area contributed by atoms with Gasteiger partial charge < -0.3 is 5.73 Å². The molecule has 13 heavy (non-hydrogen) atoms. The first-order valence-corrected chi connectivity index (χ1v) is 5.21. The predicted octanol–water partition coefficient (Wildman–Crippen LogP) is 2.37. The standard InChI is InChI=1S/C11H23NO/c1-8(2)6-5-7-9(3)11(12)10(4)13/h8-9,11H,5-7,12H2,1-4H3/t9-,11-/m1/s1. The second kappa shape index (κ2) is 6.14. The molecule has 0 radical (unpaired) electrons. The molecule has 78 valence electrons. The first kappa shape index (κ1) is 12.6. The van der Waals surface area contributed by atoms with Crippen molar-refractivity contribution in [3.8, 4) is 0 Å². The van der Waals surface area contributed by atoms with Gasteiger partial charge >= 0.3 is 0 Å². The van der Waals surface area contributed by atoms with Gasteiger partial charge in [0.15, 0.2) is 0 Å². The third-order valence-electron chi connectivity index (χ3n) is 2.52. The van der Waals surface area contributed by atoms with Crippen molar-refractivity contribution in [1.82, 2.24) is 0 Å². The SMILES string of the molecule is CC(=O)[C@H](N)[C@H](C)CCCC(C)C. The van der Waals surface area contributed by atoms with Gasteiger partial charge in [-0.25, -0.2) is 0 Å². The first-order valence-electron chi connectivity index (χ1n) is 5.21. The van der Waals surface area contributed by atoms with E-state index in [1.807, 2.05) is 0 Å². The highest BCUT2D eigenvalue weighted by atomic mass is 16.1. The third-order valence-corrected chi connectivity index (χ3v) is 2.52. The second-order valence-electron chi connectivity index (χ2n) is 4.44. The van der Waals surface area contributed by atoms with Gasteiger partial charge in [0, 0.05) is 0 Å². The maximum Gasteiger partial charge on any atom is 0.146 e. The van der Waals surface area contributed by atoms with Crippen LogP contribution in [0.5, 0.6) is 0 Å². The van der Waals surface area contributed by atoms with E-state index in [1.54, 1.807) is 6.92 Å². The second-order valence-corrected chi connectivity index (χ2v) is 4.44. The molecule has 2 N–H and O–H groups in total. The van der Waals surface area contributed by atoms with Crippen LogP contribution in [0.4, 0.5) is 0 Å². The van der Waals surface area contributed by atoms with Gasteiger partial charge in [-0.1, -0.05) is 33.6 Å². The van der Waals surface area contributed by atoms with E-state index in [2.05, 4.69) is 20.8 Å². The van der Waals surface area contributed by atoms with Crippen LogP contribution in [0.25, 0.3) is 0 Å². The summed E-state index contributed by atoms with van der Waals surface area (Å²) in [6, 6.07) is -0.257. The Balaban J connectivity index is 3.61. The van der Waals surface area contributed by atoms with Gasteiger partial charge in [-0.05, 0) is 25.2 Å². The van der Waals surface area contributed by atoms with E-state index in [0.717, 1.165) is 12.3 Å². The lowest BCUT2D eigenvalue weighted by molar-refractivity contribution is -0.119. The molecular formula is C11H23NO. The quantitative estimate of drug-likeness (QED) is 0.690. The predicted molar refractivity (Wildman–Crippen MR) is 56.5 cm³/mol. The van der Waals surface area contributed by atoms with Crippen molar-refractivity contribution >= 4 is 5.78 Å². The minimum Gasteiger partial charge on any atom is -0.321 e. The number of hydrogen-bond acceptors (Lipinski definition) is 2. The van der Waals surface area contributed by atoms with E-state index in [4.69, 9.17) is 5.73 Å². The van der Waals surface area contributed by atoms with Gasteiger partial charge in [0.05, 0.1) is 6.04 Å². The Labute approximate surface area is 81.9 Å². The molecular weight excluding hydrogens is 162 g/mol. The van der Waals surface area contributed by atoms with Crippen LogP contribution in [-0.2, 0) is 4.79 Å². The summed E-state index contributed by atoms with van der Waals surface area (Å²) in [4.78, 5) is 11.0. The molecule has 0 aliphatic carbocycles. The first-order chi connectivity index (χ1) is 5.95. The summed E-state index contributed by atoms with van der Waals surface area (Å²) >= 11 is 0.